The Morgan fingerprint density at radius 2 is 1.28 bits per heavy atom. The molecule has 3 rings (SSSR count). The Morgan fingerprint density at radius 1 is 0.833 bits per heavy atom. The van der Waals surface area contributed by atoms with Crippen molar-refractivity contribution in [3.05, 3.63) is 23.5 Å². The molecule has 0 amide bonds. The average Bonchev–Trinajstić information content (AvgIpc) is 2.43. The molecule has 0 saturated heterocycles. The van der Waals surface area contributed by atoms with Gasteiger partial charge in [-0.3, -0.25) is 0 Å². The lowest BCUT2D eigenvalue weighted by atomic mass is 10.0. The van der Waals surface area contributed by atoms with Crippen LogP contribution in [0.2, 0.25) is 0 Å². The Balaban J connectivity index is 0.000000169. The van der Waals surface area contributed by atoms with Crippen molar-refractivity contribution in [1.82, 2.24) is 0 Å². The van der Waals surface area contributed by atoms with Gasteiger partial charge in [0.1, 0.15) is 19.0 Å². The first-order chi connectivity index (χ1) is 8.77. The summed E-state index contributed by atoms with van der Waals surface area (Å²) in [6.45, 7) is 2.74. The van der Waals surface area contributed by atoms with Crippen LogP contribution in [0.4, 0.5) is 4.39 Å². The summed E-state index contributed by atoms with van der Waals surface area (Å²) < 4.78 is 23.4. The average molecular weight is 252 g/mol. The quantitative estimate of drug-likeness (QED) is 0.687. The predicted molar refractivity (Wildman–Crippen MR) is 69.8 cm³/mol. The highest BCUT2D eigenvalue weighted by molar-refractivity contribution is 5.44. The van der Waals surface area contributed by atoms with Crippen LogP contribution in [0.5, 0.6) is 11.5 Å². The van der Waals surface area contributed by atoms with E-state index in [0.717, 1.165) is 0 Å². The molecule has 1 aromatic carbocycles. The molecule has 1 fully saturated rings. The van der Waals surface area contributed by atoms with E-state index in [1.165, 1.54) is 44.6 Å². The van der Waals surface area contributed by atoms with Crippen molar-refractivity contribution in [3.63, 3.8) is 0 Å². The number of benzene rings is 1. The summed E-state index contributed by atoms with van der Waals surface area (Å²) in [5, 5.41) is 0. The monoisotopic (exact) mass is 252 g/mol. The van der Waals surface area contributed by atoms with E-state index in [0.29, 0.717) is 30.3 Å². The number of hydrogen-bond acceptors (Lipinski definition) is 2. The van der Waals surface area contributed by atoms with E-state index in [1.54, 1.807) is 13.0 Å². The third-order valence-electron chi connectivity index (χ3n) is 3.32. The molecule has 0 bridgehead atoms. The fourth-order valence-electron chi connectivity index (χ4n) is 2.23. The van der Waals surface area contributed by atoms with Gasteiger partial charge in [-0.2, -0.15) is 0 Å². The van der Waals surface area contributed by atoms with Crippen LogP contribution >= 0.6 is 0 Å². The summed E-state index contributed by atoms with van der Waals surface area (Å²) in [5.41, 5.74) is 0.583. The number of hydrogen-bond donors (Lipinski definition) is 0. The van der Waals surface area contributed by atoms with Crippen molar-refractivity contribution in [2.45, 2.75) is 45.4 Å². The van der Waals surface area contributed by atoms with Crippen molar-refractivity contribution in [2.75, 3.05) is 13.2 Å². The van der Waals surface area contributed by atoms with Crippen molar-refractivity contribution in [2.24, 2.45) is 0 Å². The third kappa shape index (κ3) is 3.62. The molecule has 0 atom stereocenters. The van der Waals surface area contributed by atoms with Crippen LogP contribution < -0.4 is 9.47 Å². The summed E-state index contributed by atoms with van der Waals surface area (Å²) in [6.07, 6.45) is 9.00. The molecule has 2 aliphatic rings. The fourth-order valence-corrected chi connectivity index (χ4v) is 2.23. The van der Waals surface area contributed by atoms with Crippen molar-refractivity contribution in [1.29, 1.82) is 0 Å². The van der Waals surface area contributed by atoms with Gasteiger partial charge in [0.05, 0.1) is 0 Å². The molecule has 0 unspecified atom stereocenters. The van der Waals surface area contributed by atoms with Crippen LogP contribution in [0.1, 0.15) is 44.1 Å². The van der Waals surface area contributed by atoms with E-state index in [1.807, 2.05) is 0 Å². The molecule has 1 saturated carbocycles. The van der Waals surface area contributed by atoms with Gasteiger partial charge in [0, 0.05) is 6.07 Å². The second-order valence-electron chi connectivity index (χ2n) is 4.87. The lowest BCUT2D eigenvalue weighted by Crippen LogP contribution is -2.15. The third-order valence-corrected chi connectivity index (χ3v) is 3.32. The van der Waals surface area contributed by atoms with E-state index in [4.69, 9.17) is 9.47 Å². The Morgan fingerprint density at radius 3 is 1.78 bits per heavy atom. The number of aryl methyl sites for hydroxylation is 1. The van der Waals surface area contributed by atoms with Crippen LogP contribution in [0, 0.1) is 12.7 Å². The van der Waals surface area contributed by atoms with Gasteiger partial charge in [-0.1, -0.05) is 38.5 Å². The Bertz CT molecular complexity index is 344. The van der Waals surface area contributed by atoms with Gasteiger partial charge in [-0.15, -0.1) is 0 Å². The normalized spacial score (nSPS) is 17.7. The molecule has 3 heteroatoms. The highest BCUT2D eigenvalue weighted by Crippen LogP contribution is 2.32. The first kappa shape index (κ1) is 13.2. The molecule has 0 aromatic heterocycles. The highest BCUT2D eigenvalue weighted by Gasteiger charge is 2.13. The Kier molecular flexibility index (Phi) is 4.85. The predicted octanol–water partition coefficient (Wildman–Crippen LogP) is 4.25. The second-order valence-corrected chi connectivity index (χ2v) is 4.87. The topological polar surface area (TPSA) is 18.5 Å². The van der Waals surface area contributed by atoms with Gasteiger partial charge >= 0.3 is 0 Å². The molecule has 1 heterocycles. The number of fused-ring (bicyclic) bond motifs is 1. The minimum absolute atomic E-state index is 0.251. The van der Waals surface area contributed by atoms with Gasteiger partial charge in [0.15, 0.2) is 11.5 Å². The zero-order valence-corrected chi connectivity index (χ0v) is 11.0. The fraction of sp³-hybridized carbons (Fsp3) is 0.600. The van der Waals surface area contributed by atoms with Crippen LogP contribution in [0.15, 0.2) is 12.1 Å². The van der Waals surface area contributed by atoms with Crippen molar-refractivity contribution < 1.29 is 13.9 Å². The van der Waals surface area contributed by atoms with E-state index in [9.17, 15) is 4.39 Å². The van der Waals surface area contributed by atoms with Crippen LogP contribution in [-0.2, 0) is 0 Å². The smallest absolute Gasteiger partial charge is 0.164 e. The molecular weight excluding hydrogens is 231 g/mol. The first-order valence-electron chi connectivity index (χ1n) is 6.83. The van der Waals surface area contributed by atoms with E-state index >= 15 is 0 Å². The number of halogens is 1. The highest BCUT2D eigenvalue weighted by atomic mass is 19.1. The maximum absolute atomic E-state index is 13.0. The van der Waals surface area contributed by atoms with E-state index in [-0.39, 0.29) is 5.82 Å². The summed E-state index contributed by atoms with van der Waals surface area (Å²) in [6, 6.07) is 3.02. The Labute approximate surface area is 108 Å². The van der Waals surface area contributed by atoms with Gasteiger partial charge in [0.25, 0.3) is 0 Å². The van der Waals surface area contributed by atoms with Crippen LogP contribution in [0.3, 0.4) is 0 Å². The minimum Gasteiger partial charge on any atom is -0.486 e. The van der Waals surface area contributed by atoms with Gasteiger partial charge in [-0.05, 0) is 18.6 Å². The standard InChI is InChI=1S/C9H9FO2.C6H12/c1-6-4-8-9(5-7(6)10)12-3-2-11-8;1-2-4-6-5-3-1/h4-5H,2-3H2,1H3;1-6H2. The molecule has 0 spiro atoms. The maximum atomic E-state index is 13.0. The zero-order valence-electron chi connectivity index (χ0n) is 11.0. The van der Waals surface area contributed by atoms with Gasteiger partial charge in [-0.25, -0.2) is 4.39 Å². The molecule has 18 heavy (non-hydrogen) atoms. The number of rotatable bonds is 0. The molecule has 0 N–H and O–H groups in total. The molecule has 2 nitrogen and oxygen atoms in total. The van der Waals surface area contributed by atoms with Gasteiger partial charge in [0.2, 0.25) is 0 Å². The largest absolute Gasteiger partial charge is 0.486 e. The van der Waals surface area contributed by atoms with Crippen LogP contribution in [0.25, 0.3) is 0 Å². The van der Waals surface area contributed by atoms with Crippen molar-refractivity contribution in [3.8, 4) is 11.5 Å². The lowest BCUT2D eigenvalue weighted by molar-refractivity contribution is 0.170. The van der Waals surface area contributed by atoms with E-state index in [2.05, 4.69) is 0 Å². The molecule has 1 aromatic rings. The summed E-state index contributed by atoms with van der Waals surface area (Å²) in [5.74, 6) is 0.892. The SMILES string of the molecule is C1CCCCC1.Cc1cc2c(cc1F)OCCO2. The van der Waals surface area contributed by atoms with Crippen LogP contribution in [-0.4, -0.2) is 13.2 Å². The molecular formula is C15H21FO2. The van der Waals surface area contributed by atoms with Crippen molar-refractivity contribution >= 4 is 0 Å². The lowest BCUT2D eigenvalue weighted by Gasteiger charge is -2.18. The minimum atomic E-state index is -0.251. The number of ether oxygens (including phenoxy) is 2. The Hall–Kier alpha value is -1.25. The molecule has 0 radical (unpaired) electrons. The summed E-state index contributed by atoms with van der Waals surface area (Å²) in [4.78, 5) is 0. The molecule has 1 aliphatic carbocycles. The molecule has 1 aliphatic heterocycles. The van der Waals surface area contributed by atoms with Gasteiger partial charge < -0.3 is 9.47 Å². The second kappa shape index (κ2) is 6.62. The molecule has 100 valence electrons. The van der Waals surface area contributed by atoms with E-state index < -0.39 is 0 Å². The zero-order chi connectivity index (χ0) is 12.8. The first-order valence-corrected chi connectivity index (χ1v) is 6.83. The maximum Gasteiger partial charge on any atom is 0.164 e. The summed E-state index contributed by atoms with van der Waals surface area (Å²) >= 11 is 0. The summed E-state index contributed by atoms with van der Waals surface area (Å²) in [7, 11) is 0.